The fourth-order valence-corrected chi connectivity index (χ4v) is 5.37. The van der Waals surface area contributed by atoms with Gasteiger partial charge in [-0.2, -0.15) is 0 Å². The first-order valence-electron chi connectivity index (χ1n) is 12.8. The average molecular weight is 495 g/mol. The molecule has 2 aliphatic carbocycles. The van der Waals surface area contributed by atoms with Crippen LogP contribution in [0.15, 0.2) is 77.9 Å². The van der Waals surface area contributed by atoms with E-state index in [1.165, 1.54) is 0 Å². The molecule has 2 aliphatic rings. The largest absolute Gasteiger partial charge is 0.508 e. The molecule has 1 fully saturated rings. The van der Waals surface area contributed by atoms with E-state index in [9.17, 15) is 24.9 Å². The third-order valence-electron chi connectivity index (χ3n) is 7.52. The molecule has 0 aliphatic heterocycles. The molecule has 0 amide bonds. The Morgan fingerprint density at radius 2 is 1.41 bits per heavy atom. The highest BCUT2D eigenvalue weighted by molar-refractivity contribution is 6.07. The van der Waals surface area contributed by atoms with Crippen molar-refractivity contribution in [3.63, 3.8) is 0 Å². The number of carbonyl (C=O) groups excluding carboxylic acids is 2. The molecule has 3 N–H and O–H groups in total. The van der Waals surface area contributed by atoms with Crippen molar-refractivity contribution in [2.24, 2.45) is 0 Å². The van der Waals surface area contributed by atoms with Gasteiger partial charge >= 0.3 is 0 Å². The number of Topliss-reactive ketones (excluding diaryl/α,β-unsaturated/α-hetero) is 2. The summed E-state index contributed by atoms with van der Waals surface area (Å²) in [5.74, 6) is 0.298. The standard InChI is InChI=1S/C32H30O5/c1-2-19-15-23(16-28(31(19)36)20-3-9-25(33)10-4-20)24-17-29(21-5-11-26(34)12-6-21)32(37)30(18-24)22-7-13-27(35)14-8-22/h3-6,9-12,15-17,29,33-34,36H,2,7-8,13-14,18H2,1H3. The summed E-state index contributed by atoms with van der Waals surface area (Å²) in [6.07, 6.45) is 5.28. The van der Waals surface area contributed by atoms with Crippen LogP contribution in [0.5, 0.6) is 17.2 Å². The van der Waals surface area contributed by atoms with Crippen LogP contribution < -0.4 is 0 Å². The zero-order chi connectivity index (χ0) is 26.1. The number of hydrogen-bond acceptors (Lipinski definition) is 5. The molecule has 1 saturated carbocycles. The van der Waals surface area contributed by atoms with Crippen molar-refractivity contribution >= 4 is 17.1 Å². The fourth-order valence-electron chi connectivity index (χ4n) is 5.37. The lowest BCUT2D eigenvalue weighted by Crippen LogP contribution is -2.21. The van der Waals surface area contributed by atoms with Crippen LogP contribution in [-0.2, 0) is 16.0 Å². The van der Waals surface area contributed by atoms with Crippen LogP contribution in [0, 0.1) is 0 Å². The van der Waals surface area contributed by atoms with Crippen LogP contribution in [0.3, 0.4) is 0 Å². The Morgan fingerprint density at radius 1 is 0.784 bits per heavy atom. The van der Waals surface area contributed by atoms with E-state index < -0.39 is 5.92 Å². The number of aryl methyl sites for hydroxylation is 1. The maximum absolute atomic E-state index is 13.8. The number of ketones is 2. The lowest BCUT2D eigenvalue weighted by atomic mass is 9.75. The van der Waals surface area contributed by atoms with Gasteiger partial charge in [-0.3, -0.25) is 9.59 Å². The number of aromatic hydroxyl groups is 3. The predicted octanol–water partition coefficient (Wildman–Crippen LogP) is 6.61. The maximum atomic E-state index is 13.8. The lowest BCUT2D eigenvalue weighted by molar-refractivity contribution is -0.120. The molecule has 37 heavy (non-hydrogen) atoms. The summed E-state index contributed by atoms with van der Waals surface area (Å²) in [4.78, 5) is 25.6. The predicted molar refractivity (Wildman–Crippen MR) is 144 cm³/mol. The van der Waals surface area contributed by atoms with E-state index in [1.54, 1.807) is 48.5 Å². The lowest BCUT2D eigenvalue weighted by Gasteiger charge is -2.28. The molecule has 1 atom stereocenters. The van der Waals surface area contributed by atoms with Gasteiger partial charge in [0.15, 0.2) is 5.78 Å². The Morgan fingerprint density at radius 3 is 2.03 bits per heavy atom. The highest BCUT2D eigenvalue weighted by Crippen LogP contribution is 2.43. The number of phenolic OH excluding ortho intramolecular Hbond substituents is 3. The van der Waals surface area contributed by atoms with Gasteiger partial charge in [-0.1, -0.05) is 42.8 Å². The van der Waals surface area contributed by atoms with Gasteiger partial charge in [-0.05, 0) is 89.1 Å². The summed E-state index contributed by atoms with van der Waals surface area (Å²) < 4.78 is 0. The molecule has 0 radical (unpaired) electrons. The van der Waals surface area contributed by atoms with Crippen molar-refractivity contribution in [3.8, 4) is 28.4 Å². The van der Waals surface area contributed by atoms with Gasteiger partial charge in [-0.25, -0.2) is 0 Å². The Bertz CT molecular complexity index is 1410. The van der Waals surface area contributed by atoms with E-state index >= 15 is 0 Å². The molecule has 3 aromatic carbocycles. The summed E-state index contributed by atoms with van der Waals surface area (Å²) >= 11 is 0. The topological polar surface area (TPSA) is 94.8 Å². The van der Waals surface area contributed by atoms with E-state index in [2.05, 4.69) is 0 Å². The van der Waals surface area contributed by atoms with Crippen LogP contribution in [0.25, 0.3) is 16.7 Å². The molecular weight excluding hydrogens is 464 g/mol. The second-order valence-electron chi connectivity index (χ2n) is 9.85. The smallest absolute Gasteiger partial charge is 0.170 e. The fraction of sp³-hybridized carbons (Fsp3) is 0.250. The van der Waals surface area contributed by atoms with E-state index in [0.29, 0.717) is 44.1 Å². The van der Waals surface area contributed by atoms with Crippen molar-refractivity contribution in [3.05, 3.63) is 94.6 Å². The van der Waals surface area contributed by atoms with E-state index in [1.807, 2.05) is 25.1 Å². The first kappa shape index (κ1) is 24.6. The molecule has 5 rings (SSSR count). The minimum atomic E-state index is -0.500. The van der Waals surface area contributed by atoms with Gasteiger partial charge in [0.1, 0.15) is 23.0 Å². The molecule has 0 spiro atoms. The summed E-state index contributed by atoms with van der Waals surface area (Å²) in [7, 11) is 0. The summed E-state index contributed by atoms with van der Waals surface area (Å²) in [5, 5.41) is 30.5. The molecule has 0 bridgehead atoms. The summed E-state index contributed by atoms with van der Waals surface area (Å²) in [6, 6.07) is 17.4. The van der Waals surface area contributed by atoms with Crippen LogP contribution in [0.4, 0.5) is 0 Å². The minimum absolute atomic E-state index is 0.0482. The van der Waals surface area contributed by atoms with Gasteiger partial charge in [0.05, 0.1) is 5.92 Å². The Labute approximate surface area is 216 Å². The third kappa shape index (κ3) is 4.94. The van der Waals surface area contributed by atoms with Gasteiger partial charge in [0, 0.05) is 24.8 Å². The number of allylic oxidation sites excluding steroid dienone is 4. The van der Waals surface area contributed by atoms with Crippen LogP contribution >= 0.6 is 0 Å². The number of rotatable bonds is 4. The Kier molecular flexibility index (Phi) is 6.70. The van der Waals surface area contributed by atoms with Gasteiger partial charge in [0.2, 0.25) is 0 Å². The van der Waals surface area contributed by atoms with Crippen LogP contribution in [0.2, 0.25) is 0 Å². The van der Waals surface area contributed by atoms with Crippen molar-refractivity contribution in [2.45, 2.75) is 51.4 Å². The average Bonchev–Trinajstić information content (AvgIpc) is 2.91. The molecule has 3 aromatic rings. The molecular formula is C32H30O5. The highest BCUT2D eigenvalue weighted by atomic mass is 16.3. The number of carbonyl (C=O) groups is 2. The number of hydrogen-bond donors (Lipinski definition) is 3. The first-order chi connectivity index (χ1) is 17.8. The zero-order valence-electron chi connectivity index (χ0n) is 20.8. The molecule has 0 heterocycles. The summed E-state index contributed by atoms with van der Waals surface area (Å²) in [6.45, 7) is 1.99. The molecule has 1 unspecified atom stereocenters. The van der Waals surface area contributed by atoms with E-state index in [4.69, 9.17) is 0 Å². The molecule has 188 valence electrons. The first-order valence-corrected chi connectivity index (χ1v) is 12.8. The third-order valence-corrected chi connectivity index (χ3v) is 7.52. The summed E-state index contributed by atoms with van der Waals surface area (Å²) in [5.41, 5.74) is 6.83. The number of benzene rings is 3. The molecule has 5 nitrogen and oxygen atoms in total. The van der Waals surface area contributed by atoms with E-state index in [-0.39, 0.29) is 28.8 Å². The molecule has 0 saturated heterocycles. The highest BCUT2D eigenvalue weighted by Gasteiger charge is 2.32. The molecule has 5 heteroatoms. The maximum Gasteiger partial charge on any atom is 0.170 e. The minimum Gasteiger partial charge on any atom is -0.508 e. The normalized spacial score (nSPS) is 18.2. The second kappa shape index (κ2) is 10.1. The van der Waals surface area contributed by atoms with E-state index in [0.717, 1.165) is 39.0 Å². The number of phenols is 3. The SMILES string of the molecule is CCc1cc(C2=CC(c3ccc(O)cc3)C(=O)C(=C3CCC(=O)CC3)C2)cc(-c2ccc(O)cc2)c1O. The van der Waals surface area contributed by atoms with Gasteiger partial charge < -0.3 is 15.3 Å². The van der Waals surface area contributed by atoms with Crippen LogP contribution in [0.1, 0.15) is 61.6 Å². The Balaban J connectivity index is 1.65. The van der Waals surface area contributed by atoms with Gasteiger partial charge in [-0.15, -0.1) is 0 Å². The Hall–Kier alpha value is -4.12. The second-order valence-corrected chi connectivity index (χ2v) is 9.85. The molecule has 0 aromatic heterocycles. The van der Waals surface area contributed by atoms with Gasteiger partial charge in [0.25, 0.3) is 0 Å². The van der Waals surface area contributed by atoms with Crippen molar-refractivity contribution in [2.75, 3.05) is 0 Å². The quantitative estimate of drug-likeness (QED) is 0.355. The van der Waals surface area contributed by atoms with Crippen LogP contribution in [-0.4, -0.2) is 26.9 Å². The zero-order valence-corrected chi connectivity index (χ0v) is 20.8. The van der Waals surface area contributed by atoms with Crippen molar-refractivity contribution in [1.82, 2.24) is 0 Å². The van der Waals surface area contributed by atoms with Crippen molar-refractivity contribution in [1.29, 1.82) is 0 Å². The monoisotopic (exact) mass is 494 g/mol. The van der Waals surface area contributed by atoms with Crippen molar-refractivity contribution < 1.29 is 24.9 Å².